The first kappa shape index (κ1) is 16.1. The molecule has 1 aliphatic heterocycles. The molecule has 0 radical (unpaired) electrons. The quantitative estimate of drug-likeness (QED) is 0.692. The predicted octanol–water partition coefficient (Wildman–Crippen LogP) is -0.333. The van der Waals surface area contributed by atoms with Crippen LogP contribution in [-0.2, 0) is 16.0 Å². The highest BCUT2D eigenvalue weighted by atomic mass is 35.5. The van der Waals surface area contributed by atoms with Gasteiger partial charge in [0.1, 0.15) is 0 Å². The van der Waals surface area contributed by atoms with Gasteiger partial charge in [0.2, 0.25) is 0 Å². The van der Waals surface area contributed by atoms with Gasteiger partial charge in [-0.3, -0.25) is 9.59 Å². The van der Waals surface area contributed by atoms with Crippen molar-refractivity contribution in [2.75, 3.05) is 32.7 Å². The third-order valence-electron chi connectivity index (χ3n) is 3.35. The number of hydrogen-bond acceptors (Lipinski definition) is 2. The van der Waals surface area contributed by atoms with Gasteiger partial charge >= 0.3 is 0 Å². The van der Waals surface area contributed by atoms with Crippen molar-refractivity contribution in [1.29, 1.82) is 0 Å². The molecule has 1 aliphatic rings. The average molecular weight is 331 g/mol. The van der Waals surface area contributed by atoms with Crippen LogP contribution in [-0.4, -0.2) is 44.5 Å². The Morgan fingerprint density at radius 3 is 2.90 bits per heavy atom. The molecule has 1 aromatic rings. The van der Waals surface area contributed by atoms with E-state index in [0.717, 1.165) is 17.0 Å². The maximum Gasteiger partial charge on any atom is 0.275 e. The summed E-state index contributed by atoms with van der Waals surface area (Å²) < 4.78 is 0. The summed E-state index contributed by atoms with van der Waals surface area (Å²) in [7, 11) is 0. The summed E-state index contributed by atoms with van der Waals surface area (Å²) in [6.45, 7) is 2.60. The van der Waals surface area contributed by atoms with Gasteiger partial charge in [0.05, 0.1) is 13.1 Å². The second-order valence-corrected chi connectivity index (χ2v) is 5.88. The fraction of sp³-hybridized carbons (Fsp3) is 0.429. The molecule has 0 saturated carbocycles. The highest BCUT2D eigenvalue weighted by molar-refractivity contribution is 6.35. The Labute approximate surface area is 133 Å². The van der Waals surface area contributed by atoms with Crippen molar-refractivity contribution in [3.63, 3.8) is 0 Å². The van der Waals surface area contributed by atoms with Crippen LogP contribution >= 0.6 is 23.2 Å². The highest BCUT2D eigenvalue weighted by Gasteiger charge is 2.21. The van der Waals surface area contributed by atoms with Gasteiger partial charge in [-0.1, -0.05) is 29.3 Å². The number of benzene rings is 1. The van der Waals surface area contributed by atoms with E-state index in [9.17, 15) is 9.59 Å². The summed E-state index contributed by atoms with van der Waals surface area (Å²) in [6, 6.07) is 5.33. The van der Waals surface area contributed by atoms with Crippen molar-refractivity contribution in [3.8, 4) is 0 Å². The Balaban J connectivity index is 1.72. The topological polar surface area (TPSA) is 62.6 Å². The van der Waals surface area contributed by atoms with E-state index in [1.54, 1.807) is 12.1 Å². The van der Waals surface area contributed by atoms with E-state index >= 15 is 0 Å². The van der Waals surface area contributed by atoms with Crippen molar-refractivity contribution in [1.82, 2.24) is 10.6 Å². The van der Waals surface area contributed by atoms with Gasteiger partial charge in [0, 0.05) is 16.6 Å². The van der Waals surface area contributed by atoms with Crippen molar-refractivity contribution >= 4 is 35.0 Å². The van der Waals surface area contributed by atoms with Gasteiger partial charge < -0.3 is 15.5 Å². The monoisotopic (exact) mass is 330 g/mol. The molecule has 3 N–H and O–H groups in total. The van der Waals surface area contributed by atoms with Gasteiger partial charge in [-0.2, -0.15) is 0 Å². The molecule has 114 valence electrons. The molecule has 5 nitrogen and oxygen atoms in total. The predicted molar refractivity (Wildman–Crippen MR) is 81.7 cm³/mol. The molecular weight excluding hydrogens is 313 g/mol. The molecule has 1 heterocycles. The fourth-order valence-corrected chi connectivity index (χ4v) is 2.76. The zero-order valence-electron chi connectivity index (χ0n) is 11.5. The molecule has 0 bridgehead atoms. The fourth-order valence-electron chi connectivity index (χ4n) is 2.26. The summed E-state index contributed by atoms with van der Waals surface area (Å²) in [6.07, 6.45) is 0.650. The molecule has 0 aliphatic carbocycles. The first-order chi connectivity index (χ1) is 10.0. The number of halogens is 2. The number of rotatable bonds is 5. The van der Waals surface area contributed by atoms with E-state index in [-0.39, 0.29) is 11.8 Å². The third kappa shape index (κ3) is 5.19. The van der Waals surface area contributed by atoms with Crippen LogP contribution in [0.5, 0.6) is 0 Å². The minimum atomic E-state index is -0.0511. The van der Waals surface area contributed by atoms with Gasteiger partial charge in [0.15, 0.2) is 13.1 Å². The number of carbonyl (C=O) groups excluding carboxylic acids is 2. The third-order valence-corrected chi connectivity index (χ3v) is 3.94. The number of nitrogens with one attached hydrogen (secondary N) is 3. The normalized spacial score (nSPS) is 18.2. The molecule has 1 fully saturated rings. The minimum absolute atomic E-state index is 0.00278. The summed E-state index contributed by atoms with van der Waals surface area (Å²) in [4.78, 5) is 24.0. The molecule has 0 spiro atoms. The van der Waals surface area contributed by atoms with Gasteiger partial charge in [-0.05, 0) is 24.1 Å². The van der Waals surface area contributed by atoms with Crippen LogP contribution < -0.4 is 15.5 Å². The number of amides is 2. The molecule has 2 amide bonds. The molecular formula is C14H18Cl2N3O2+. The molecule has 21 heavy (non-hydrogen) atoms. The van der Waals surface area contributed by atoms with Crippen LogP contribution in [0.15, 0.2) is 18.2 Å². The SMILES string of the molecule is O=C(C[NH+]1CCNC(=O)C1)NCCc1ccc(Cl)cc1Cl. The molecule has 0 aromatic heterocycles. The summed E-state index contributed by atoms with van der Waals surface area (Å²) >= 11 is 11.9. The van der Waals surface area contributed by atoms with Crippen molar-refractivity contribution in [2.45, 2.75) is 6.42 Å². The number of quaternary nitrogens is 1. The zero-order valence-corrected chi connectivity index (χ0v) is 13.1. The Hall–Kier alpha value is -1.30. The highest BCUT2D eigenvalue weighted by Crippen LogP contribution is 2.20. The second kappa shape index (κ2) is 7.64. The van der Waals surface area contributed by atoms with Gasteiger partial charge in [-0.15, -0.1) is 0 Å². The van der Waals surface area contributed by atoms with Gasteiger partial charge in [-0.25, -0.2) is 0 Å². The molecule has 1 saturated heterocycles. The molecule has 1 aromatic carbocycles. The zero-order chi connectivity index (χ0) is 15.2. The van der Waals surface area contributed by atoms with Crippen LogP contribution in [0.3, 0.4) is 0 Å². The minimum Gasteiger partial charge on any atom is -0.351 e. The molecule has 7 heteroatoms. The summed E-state index contributed by atoms with van der Waals surface area (Å²) in [5.74, 6) is -0.0539. The van der Waals surface area contributed by atoms with E-state index in [1.165, 1.54) is 0 Å². The number of hydrogen-bond donors (Lipinski definition) is 3. The maximum atomic E-state index is 11.8. The standard InChI is InChI=1S/C14H17Cl2N3O2/c15-11-2-1-10(12(16)7-11)3-4-17-13(20)8-19-6-5-18-14(21)9-19/h1-2,7H,3-6,8-9H2,(H,17,20)(H,18,21)/p+1. The lowest BCUT2D eigenvalue weighted by atomic mass is 10.1. The lowest BCUT2D eigenvalue weighted by Gasteiger charge is -2.22. The Morgan fingerprint density at radius 1 is 1.38 bits per heavy atom. The molecule has 1 unspecified atom stereocenters. The van der Waals surface area contributed by atoms with Crippen molar-refractivity contribution < 1.29 is 14.5 Å². The van der Waals surface area contributed by atoms with Gasteiger partial charge in [0.25, 0.3) is 11.8 Å². The van der Waals surface area contributed by atoms with E-state index in [4.69, 9.17) is 23.2 Å². The first-order valence-corrected chi connectivity index (χ1v) is 7.61. The largest absolute Gasteiger partial charge is 0.351 e. The summed E-state index contributed by atoms with van der Waals surface area (Å²) in [5.41, 5.74) is 0.950. The Morgan fingerprint density at radius 2 is 2.19 bits per heavy atom. The second-order valence-electron chi connectivity index (χ2n) is 5.04. The lowest BCUT2D eigenvalue weighted by molar-refractivity contribution is -0.885. The first-order valence-electron chi connectivity index (χ1n) is 6.85. The Kier molecular flexibility index (Phi) is 5.85. The molecule has 2 rings (SSSR count). The van der Waals surface area contributed by atoms with Crippen LogP contribution in [0.4, 0.5) is 0 Å². The van der Waals surface area contributed by atoms with Crippen LogP contribution in [0.1, 0.15) is 5.56 Å². The van der Waals surface area contributed by atoms with E-state index in [1.807, 2.05) is 6.07 Å². The number of piperazine rings is 1. The van der Waals surface area contributed by atoms with Crippen LogP contribution in [0.25, 0.3) is 0 Å². The van der Waals surface area contributed by atoms with Crippen LogP contribution in [0.2, 0.25) is 10.0 Å². The van der Waals surface area contributed by atoms with Crippen molar-refractivity contribution in [3.05, 3.63) is 33.8 Å². The van der Waals surface area contributed by atoms with E-state index in [0.29, 0.717) is 42.6 Å². The van der Waals surface area contributed by atoms with E-state index < -0.39 is 0 Å². The lowest BCUT2D eigenvalue weighted by Crippen LogP contribution is -3.16. The van der Waals surface area contributed by atoms with Crippen LogP contribution in [0, 0.1) is 0 Å². The number of carbonyl (C=O) groups is 2. The van der Waals surface area contributed by atoms with Crippen molar-refractivity contribution in [2.24, 2.45) is 0 Å². The summed E-state index contributed by atoms with van der Waals surface area (Å²) in [5, 5.41) is 6.80. The average Bonchev–Trinajstić information content (AvgIpc) is 2.41. The smallest absolute Gasteiger partial charge is 0.275 e. The molecule has 1 atom stereocenters. The van der Waals surface area contributed by atoms with E-state index in [2.05, 4.69) is 10.6 Å². The Bertz CT molecular complexity index is 537. The maximum absolute atomic E-state index is 11.8.